The summed E-state index contributed by atoms with van der Waals surface area (Å²) in [7, 11) is -4.43. The van der Waals surface area contributed by atoms with Crippen molar-refractivity contribution < 1.29 is 36.2 Å². The molecule has 0 saturated carbocycles. The maximum Gasteiger partial charge on any atom is 0.419 e. The summed E-state index contributed by atoms with van der Waals surface area (Å²) in [6.07, 6.45) is -5.05. The molecule has 0 aliphatic carbocycles. The normalized spacial score (nSPS) is 12.0. The van der Waals surface area contributed by atoms with E-state index in [0.717, 1.165) is 6.07 Å². The number of benzene rings is 3. The number of sulfonamides is 1. The number of nitrogens with one attached hydrogen (secondary N) is 1. The number of halogens is 4. The van der Waals surface area contributed by atoms with Crippen molar-refractivity contribution in [2.75, 3.05) is 4.72 Å². The van der Waals surface area contributed by atoms with Crippen molar-refractivity contribution in [2.45, 2.75) is 11.1 Å². The van der Waals surface area contributed by atoms with Crippen LogP contribution in [0, 0.1) is 5.82 Å². The van der Waals surface area contributed by atoms with Crippen LogP contribution in [0.5, 0.6) is 11.5 Å². The van der Waals surface area contributed by atoms with Gasteiger partial charge in [-0.05, 0) is 53.6 Å². The van der Waals surface area contributed by atoms with E-state index in [-0.39, 0.29) is 23.3 Å². The number of alkyl halides is 3. The van der Waals surface area contributed by atoms with Gasteiger partial charge < -0.3 is 10.2 Å². The number of aromatic hydroxyl groups is 2. The molecule has 5 nitrogen and oxygen atoms in total. The van der Waals surface area contributed by atoms with Gasteiger partial charge in [-0.25, -0.2) is 12.8 Å². The molecular formula is C19H13F4NO4S. The molecular weight excluding hydrogens is 414 g/mol. The molecule has 3 aromatic carbocycles. The van der Waals surface area contributed by atoms with E-state index in [4.69, 9.17) is 0 Å². The van der Waals surface area contributed by atoms with Gasteiger partial charge in [0.05, 0.1) is 10.5 Å². The first-order valence-electron chi connectivity index (χ1n) is 7.99. The van der Waals surface area contributed by atoms with Crippen LogP contribution in [0.1, 0.15) is 5.56 Å². The Morgan fingerprint density at radius 2 is 1.52 bits per heavy atom. The largest absolute Gasteiger partial charge is 0.504 e. The number of hydrogen-bond donors (Lipinski definition) is 3. The highest BCUT2D eigenvalue weighted by molar-refractivity contribution is 7.92. The molecule has 0 aromatic heterocycles. The molecule has 0 saturated heterocycles. The first-order chi connectivity index (χ1) is 13.5. The summed E-state index contributed by atoms with van der Waals surface area (Å²) in [5.41, 5.74) is -0.722. The molecule has 3 N–H and O–H groups in total. The van der Waals surface area contributed by atoms with E-state index in [1.54, 1.807) is 6.07 Å². The molecule has 29 heavy (non-hydrogen) atoms. The third-order valence-corrected chi connectivity index (χ3v) is 5.36. The summed E-state index contributed by atoms with van der Waals surface area (Å²) in [4.78, 5) is -0.751. The van der Waals surface area contributed by atoms with E-state index < -0.39 is 32.5 Å². The minimum absolute atomic E-state index is 0.0351. The van der Waals surface area contributed by atoms with Gasteiger partial charge in [0.15, 0.2) is 11.5 Å². The van der Waals surface area contributed by atoms with Crippen LogP contribution in [0.3, 0.4) is 0 Å². The lowest BCUT2D eigenvalue weighted by molar-refractivity contribution is -0.140. The van der Waals surface area contributed by atoms with Crippen molar-refractivity contribution in [3.63, 3.8) is 0 Å². The Morgan fingerprint density at radius 1 is 0.828 bits per heavy atom. The number of phenolic OH excluding ortho intramolecular Hbond substituents is 2. The van der Waals surface area contributed by atoms with E-state index >= 15 is 0 Å². The zero-order chi connectivity index (χ0) is 21.4. The van der Waals surface area contributed by atoms with Crippen molar-refractivity contribution in [1.82, 2.24) is 0 Å². The Kier molecular flexibility index (Phi) is 5.14. The first-order valence-corrected chi connectivity index (χ1v) is 9.48. The molecule has 152 valence electrons. The maximum absolute atomic E-state index is 13.4. The third kappa shape index (κ3) is 4.43. The number of hydrogen-bond acceptors (Lipinski definition) is 4. The average Bonchev–Trinajstić information content (AvgIpc) is 2.63. The topological polar surface area (TPSA) is 86.6 Å². The van der Waals surface area contributed by atoms with Crippen LogP contribution in [0.25, 0.3) is 11.1 Å². The van der Waals surface area contributed by atoms with Crippen LogP contribution in [-0.2, 0) is 16.2 Å². The molecule has 0 heterocycles. The van der Waals surface area contributed by atoms with Gasteiger partial charge in [-0.3, -0.25) is 4.72 Å². The quantitative estimate of drug-likeness (QED) is 0.415. The Bertz CT molecular complexity index is 1180. The van der Waals surface area contributed by atoms with Gasteiger partial charge >= 0.3 is 6.18 Å². The highest BCUT2D eigenvalue weighted by atomic mass is 32.2. The van der Waals surface area contributed by atoms with E-state index in [9.17, 15) is 36.2 Å². The van der Waals surface area contributed by atoms with Crippen LogP contribution in [-0.4, -0.2) is 18.6 Å². The Labute approximate surface area is 162 Å². The number of anilines is 1. The first kappa shape index (κ1) is 20.5. The van der Waals surface area contributed by atoms with Crippen LogP contribution in [0.2, 0.25) is 0 Å². The van der Waals surface area contributed by atoms with E-state index in [2.05, 4.69) is 4.72 Å². The fourth-order valence-electron chi connectivity index (χ4n) is 2.57. The molecule has 3 aromatic rings. The van der Waals surface area contributed by atoms with Crippen LogP contribution >= 0.6 is 0 Å². The van der Waals surface area contributed by atoms with Gasteiger partial charge in [0.1, 0.15) is 5.82 Å². The summed E-state index contributed by atoms with van der Waals surface area (Å²) in [6, 6.07) is 11.2. The molecule has 0 amide bonds. The molecule has 10 heteroatoms. The highest BCUT2D eigenvalue weighted by Gasteiger charge is 2.35. The Hall–Kier alpha value is -3.27. The van der Waals surface area contributed by atoms with Gasteiger partial charge in [-0.1, -0.05) is 18.2 Å². The highest BCUT2D eigenvalue weighted by Crippen LogP contribution is 2.34. The number of phenols is 2. The summed E-state index contributed by atoms with van der Waals surface area (Å²) >= 11 is 0. The van der Waals surface area contributed by atoms with Crippen molar-refractivity contribution in [1.29, 1.82) is 0 Å². The van der Waals surface area contributed by atoms with E-state index in [0.29, 0.717) is 17.2 Å². The van der Waals surface area contributed by atoms with Crippen molar-refractivity contribution in [3.05, 3.63) is 72.0 Å². The SMILES string of the molecule is O=S(=O)(Nc1cccc(-c2ccc(O)c(O)c2)c1)c1ccc(F)c(C(F)(F)F)c1. The van der Waals surface area contributed by atoms with Crippen LogP contribution in [0.15, 0.2) is 65.6 Å². The monoisotopic (exact) mass is 427 g/mol. The Balaban J connectivity index is 1.95. The molecule has 0 fully saturated rings. The minimum Gasteiger partial charge on any atom is -0.504 e. The van der Waals surface area contributed by atoms with E-state index in [1.807, 2.05) is 0 Å². The van der Waals surface area contributed by atoms with Gasteiger partial charge in [0, 0.05) is 5.69 Å². The zero-order valence-corrected chi connectivity index (χ0v) is 15.2. The Morgan fingerprint density at radius 3 is 2.17 bits per heavy atom. The fraction of sp³-hybridized carbons (Fsp3) is 0.0526. The van der Waals surface area contributed by atoms with Gasteiger partial charge in [-0.2, -0.15) is 13.2 Å². The minimum atomic E-state index is -5.05. The fourth-order valence-corrected chi connectivity index (χ4v) is 3.64. The second kappa shape index (κ2) is 7.28. The predicted octanol–water partition coefficient (Wildman–Crippen LogP) is 4.72. The summed E-state index contributed by atoms with van der Waals surface area (Å²) in [5, 5.41) is 19.0. The summed E-state index contributed by atoms with van der Waals surface area (Å²) < 4.78 is 79.0. The molecule has 0 spiro atoms. The third-order valence-electron chi connectivity index (χ3n) is 3.98. The summed E-state index contributed by atoms with van der Waals surface area (Å²) in [5.74, 6) is -2.28. The lowest BCUT2D eigenvalue weighted by Crippen LogP contribution is -2.15. The lowest BCUT2D eigenvalue weighted by atomic mass is 10.0. The molecule has 0 radical (unpaired) electrons. The number of rotatable bonds is 4. The molecule has 3 rings (SSSR count). The molecule has 0 aliphatic heterocycles. The second-order valence-electron chi connectivity index (χ2n) is 6.03. The maximum atomic E-state index is 13.4. The van der Waals surface area contributed by atoms with Gasteiger partial charge in [0.25, 0.3) is 10.0 Å². The van der Waals surface area contributed by atoms with Crippen molar-refractivity contribution in [3.8, 4) is 22.6 Å². The second-order valence-corrected chi connectivity index (χ2v) is 7.71. The standard InChI is InChI=1S/C19H13F4NO4S/c20-16-6-5-14(10-15(16)19(21,22)23)29(27,28)24-13-3-1-2-11(8-13)12-4-7-17(25)18(26)9-12/h1-10,24-26H. The molecule has 0 unspecified atom stereocenters. The van der Waals surface area contributed by atoms with Gasteiger partial charge in [-0.15, -0.1) is 0 Å². The lowest BCUT2D eigenvalue weighted by Gasteiger charge is -2.13. The van der Waals surface area contributed by atoms with E-state index in [1.165, 1.54) is 36.4 Å². The van der Waals surface area contributed by atoms with Crippen molar-refractivity contribution in [2.24, 2.45) is 0 Å². The van der Waals surface area contributed by atoms with Crippen LogP contribution < -0.4 is 4.72 Å². The smallest absolute Gasteiger partial charge is 0.419 e. The average molecular weight is 427 g/mol. The molecule has 0 aliphatic rings. The van der Waals surface area contributed by atoms with Gasteiger partial charge in [0.2, 0.25) is 0 Å². The predicted molar refractivity (Wildman–Crippen MR) is 97.4 cm³/mol. The zero-order valence-electron chi connectivity index (χ0n) is 14.4. The van der Waals surface area contributed by atoms with Crippen molar-refractivity contribution >= 4 is 15.7 Å². The summed E-state index contributed by atoms with van der Waals surface area (Å²) in [6.45, 7) is 0. The molecule has 0 bridgehead atoms. The van der Waals surface area contributed by atoms with Crippen LogP contribution in [0.4, 0.5) is 23.2 Å². The molecule has 0 atom stereocenters.